The SMILES string of the molecule is Cc1cc(C)c([N+](=O)[O-])cc1OCC(=O)OC(C)C. The Morgan fingerprint density at radius 1 is 1.32 bits per heavy atom. The third kappa shape index (κ3) is 4.24. The molecule has 0 saturated heterocycles. The molecule has 0 N–H and O–H groups in total. The number of hydrogen-bond donors (Lipinski definition) is 0. The lowest BCUT2D eigenvalue weighted by Crippen LogP contribution is -2.19. The number of nitrogens with zero attached hydrogens (tertiary/aromatic N) is 1. The molecule has 0 spiro atoms. The first-order valence-electron chi connectivity index (χ1n) is 5.89. The maximum absolute atomic E-state index is 11.3. The number of nitro benzene ring substituents is 1. The van der Waals surface area contributed by atoms with Crippen molar-refractivity contribution in [3.8, 4) is 5.75 Å². The average molecular weight is 267 g/mol. The topological polar surface area (TPSA) is 78.7 Å². The van der Waals surface area contributed by atoms with Gasteiger partial charge in [0.25, 0.3) is 5.69 Å². The standard InChI is InChI=1S/C13H17NO5/c1-8(2)19-13(15)7-18-12-6-11(14(16)17)9(3)5-10(12)4/h5-6,8H,7H2,1-4H3. The van der Waals surface area contributed by atoms with Crippen molar-refractivity contribution in [2.24, 2.45) is 0 Å². The zero-order valence-corrected chi connectivity index (χ0v) is 11.4. The lowest BCUT2D eigenvalue weighted by atomic mass is 10.1. The molecule has 0 fully saturated rings. The van der Waals surface area contributed by atoms with Crippen LogP contribution in [-0.2, 0) is 9.53 Å². The van der Waals surface area contributed by atoms with Gasteiger partial charge in [-0.3, -0.25) is 10.1 Å². The molecule has 0 heterocycles. The molecule has 0 saturated carbocycles. The normalized spacial score (nSPS) is 10.4. The highest BCUT2D eigenvalue weighted by Crippen LogP contribution is 2.27. The van der Waals surface area contributed by atoms with Crippen LogP contribution >= 0.6 is 0 Å². The van der Waals surface area contributed by atoms with Crippen LogP contribution in [-0.4, -0.2) is 23.6 Å². The quantitative estimate of drug-likeness (QED) is 0.465. The summed E-state index contributed by atoms with van der Waals surface area (Å²) in [4.78, 5) is 21.7. The maximum Gasteiger partial charge on any atom is 0.344 e. The second-order valence-electron chi connectivity index (χ2n) is 4.49. The number of ether oxygens (including phenoxy) is 2. The molecule has 0 atom stereocenters. The van der Waals surface area contributed by atoms with E-state index in [0.717, 1.165) is 5.56 Å². The molecule has 1 rings (SSSR count). The summed E-state index contributed by atoms with van der Waals surface area (Å²) in [6.45, 7) is 6.63. The lowest BCUT2D eigenvalue weighted by Gasteiger charge is -2.11. The van der Waals surface area contributed by atoms with E-state index >= 15 is 0 Å². The Morgan fingerprint density at radius 3 is 2.47 bits per heavy atom. The van der Waals surface area contributed by atoms with Crippen LogP contribution in [0.2, 0.25) is 0 Å². The van der Waals surface area contributed by atoms with Crippen LogP contribution in [0.4, 0.5) is 5.69 Å². The van der Waals surface area contributed by atoms with E-state index < -0.39 is 10.9 Å². The number of nitro groups is 1. The molecule has 0 bridgehead atoms. The summed E-state index contributed by atoms with van der Waals surface area (Å²) in [5.74, 6) is -0.185. The van der Waals surface area contributed by atoms with Gasteiger partial charge in [-0.15, -0.1) is 0 Å². The fourth-order valence-corrected chi connectivity index (χ4v) is 1.61. The van der Waals surface area contributed by atoms with Gasteiger partial charge in [0.1, 0.15) is 5.75 Å². The molecule has 6 nitrogen and oxygen atoms in total. The van der Waals surface area contributed by atoms with Gasteiger partial charge < -0.3 is 9.47 Å². The third-order valence-corrected chi connectivity index (χ3v) is 2.40. The minimum atomic E-state index is -0.502. The maximum atomic E-state index is 11.3. The van der Waals surface area contributed by atoms with Crippen LogP contribution in [0.1, 0.15) is 25.0 Å². The molecule has 0 aliphatic rings. The Morgan fingerprint density at radius 2 is 1.95 bits per heavy atom. The molecule has 104 valence electrons. The Balaban J connectivity index is 2.81. The van der Waals surface area contributed by atoms with Gasteiger partial charge >= 0.3 is 5.97 Å². The summed E-state index contributed by atoms with van der Waals surface area (Å²) in [5.41, 5.74) is 1.26. The van der Waals surface area contributed by atoms with Crippen LogP contribution < -0.4 is 4.74 Å². The van der Waals surface area contributed by atoms with Crippen molar-refractivity contribution >= 4 is 11.7 Å². The molecule has 19 heavy (non-hydrogen) atoms. The largest absolute Gasteiger partial charge is 0.481 e. The second-order valence-corrected chi connectivity index (χ2v) is 4.49. The highest BCUT2D eigenvalue weighted by Gasteiger charge is 2.15. The molecule has 0 amide bonds. The van der Waals surface area contributed by atoms with Crippen molar-refractivity contribution < 1.29 is 19.2 Å². The number of rotatable bonds is 5. The van der Waals surface area contributed by atoms with Gasteiger partial charge in [0.05, 0.1) is 17.1 Å². The van der Waals surface area contributed by atoms with E-state index in [1.54, 1.807) is 33.8 Å². The van der Waals surface area contributed by atoms with Crippen LogP contribution in [0.15, 0.2) is 12.1 Å². The summed E-state index contributed by atoms with van der Waals surface area (Å²) in [7, 11) is 0. The van der Waals surface area contributed by atoms with Crippen molar-refractivity contribution in [1.82, 2.24) is 0 Å². The van der Waals surface area contributed by atoms with Gasteiger partial charge in [-0.25, -0.2) is 4.79 Å². The molecule has 0 aromatic heterocycles. The molecule has 0 aliphatic heterocycles. The highest BCUT2D eigenvalue weighted by molar-refractivity contribution is 5.71. The smallest absolute Gasteiger partial charge is 0.344 e. The Hall–Kier alpha value is -2.11. The zero-order chi connectivity index (χ0) is 14.6. The predicted molar refractivity (Wildman–Crippen MR) is 69.3 cm³/mol. The summed E-state index contributed by atoms with van der Waals surface area (Å²) in [6.07, 6.45) is -0.218. The Kier molecular flexibility index (Phi) is 4.86. The lowest BCUT2D eigenvalue weighted by molar-refractivity contribution is -0.385. The molecular formula is C13H17NO5. The van der Waals surface area contributed by atoms with Gasteiger partial charge in [0.2, 0.25) is 0 Å². The first-order chi connectivity index (χ1) is 8.81. The summed E-state index contributed by atoms with van der Waals surface area (Å²) in [5, 5.41) is 10.8. The molecule has 0 unspecified atom stereocenters. The molecular weight excluding hydrogens is 250 g/mol. The van der Waals surface area contributed by atoms with E-state index in [2.05, 4.69) is 0 Å². The van der Waals surface area contributed by atoms with Crippen molar-refractivity contribution in [3.63, 3.8) is 0 Å². The number of hydrogen-bond acceptors (Lipinski definition) is 5. The van der Waals surface area contributed by atoms with Gasteiger partial charge in [-0.2, -0.15) is 0 Å². The van der Waals surface area contributed by atoms with Crippen molar-refractivity contribution in [1.29, 1.82) is 0 Å². The molecule has 1 aromatic carbocycles. The van der Waals surface area contributed by atoms with Crippen molar-refractivity contribution in [2.75, 3.05) is 6.61 Å². The number of benzene rings is 1. The number of esters is 1. The first kappa shape index (κ1) is 14.9. The van der Waals surface area contributed by atoms with E-state index in [1.165, 1.54) is 6.07 Å². The van der Waals surface area contributed by atoms with E-state index in [1.807, 2.05) is 0 Å². The first-order valence-corrected chi connectivity index (χ1v) is 5.89. The van der Waals surface area contributed by atoms with Crippen LogP contribution in [0, 0.1) is 24.0 Å². The van der Waals surface area contributed by atoms with Crippen molar-refractivity contribution in [2.45, 2.75) is 33.8 Å². The van der Waals surface area contributed by atoms with E-state index in [0.29, 0.717) is 11.3 Å². The van der Waals surface area contributed by atoms with Crippen LogP contribution in [0.5, 0.6) is 5.75 Å². The van der Waals surface area contributed by atoms with Crippen LogP contribution in [0.25, 0.3) is 0 Å². The minimum absolute atomic E-state index is 0.0298. The molecule has 0 radical (unpaired) electrons. The fourth-order valence-electron chi connectivity index (χ4n) is 1.61. The number of carbonyl (C=O) groups excluding carboxylic acids is 1. The van der Waals surface area contributed by atoms with Gasteiger partial charge in [0.15, 0.2) is 6.61 Å². The number of aryl methyl sites for hydroxylation is 2. The van der Waals surface area contributed by atoms with Gasteiger partial charge in [-0.05, 0) is 39.3 Å². The fraction of sp³-hybridized carbons (Fsp3) is 0.462. The average Bonchev–Trinajstić information content (AvgIpc) is 2.26. The van der Waals surface area contributed by atoms with Gasteiger partial charge in [0, 0.05) is 5.56 Å². The minimum Gasteiger partial charge on any atom is -0.481 e. The van der Waals surface area contributed by atoms with E-state index in [9.17, 15) is 14.9 Å². The predicted octanol–water partition coefficient (Wildman–Crippen LogP) is 2.54. The van der Waals surface area contributed by atoms with Crippen LogP contribution in [0.3, 0.4) is 0 Å². The summed E-state index contributed by atoms with van der Waals surface area (Å²) in [6, 6.07) is 2.98. The molecule has 6 heteroatoms. The second kappa shape index (κ2) is 6.17. The summed E-state index contributed by atoms with van der Waals surface area (Å²) < 4.78 is 10.2. The van der Waals surface area contributed by atoms with Crippen molar-refractivity contribution in [3.05, 3.63) is 33.4 Å². The Bertz CT molecular complexity index is 496. The zero-order valence-electron chi connectivity index (χ0n) is 11.4. The summed E-state index contributed by atoms with van der Waals surface area (Å²) >= 11 is 0. The molecule has 0 aliphatic carbocycles. The third-order valence-electron chi connectivity index (χ3n) is 2.40. The van der Waals surface area contributed by atoms with E-state index in [4.69, 9.17) is 9.47 Å². The Labute approximate surface area is 111 Å². The van der Waals surface area contributed by atoms with Gasteiger partial charge in [-0.1, -0.05) is 0 Å². The molecule has 1 aromatic rings. The monoisotopic (exact) mass is 267 g/mol. The number of carbonyl (C=O) groups is 1. The highest BCUT2D eigenvalue weighted by atomic mass is 16.6. The van der Waals surface area contributed by atoms with E-state index in [-0.39, 0.29) is 18.4 Å².